The van der Waals surface area contributed by atoms with Crippen molar-refractivity contribution in [2.75, 3.05) is 5.73 Å². The molecule has 26 heavy (non-hydrogen) atoms. The molecule has 0 atom stereocenters. The second kappa shape index (κ2) is 6.91. The van der Waals surface area contributed by atoms with Crippen LogP contribution in [-0.2, 0) is 17.1 Å². The van der Waals surface area contributed by atoms with Gasteiger partial charge in [0.1, 0.15) is 17.5 Å². The highest BCUT2D eigenvalue weighted by atomic mass is 32.2. The summed E-state index contributed by atoms with van der Waals surface area (Å²) in [7, 11) is 0. The number of anilines is 1. The lowest BCUT2D eigenvalue weighted by Crippen LogP contribution is -2.15. The average molecular weight is 369 g/mol. The molecule has 0 bridgehead atoms. The molecule has 0 unspecified atom stereocenters. The molecule has 1 aliphatic carbocycles. The monoisotopic (exact) mass is 369 g/mol. The molecule has 4 rings (SSSR count). The van der Waals surface area contributed by atoms with E-state index in [4.69, 9.17) is 11.5 Å². The number of amides is 1. The normalized spacial score (nSPS) is 14.0. The molecule has 1 amide bonds. The molecule has 1 fully saturated rings. The molecule has 2 aromatic heterocycles. The third-order valence-electron chi connectivity index (χ3n) is 4.28. The van der Waals surface area contributed by atoms with E-state index in [9.17, 15) is 4.79 Å². The van der Waals surface area contributed by atoms with Gasteiger partial charge in [-0.25, -0.2) is 9.97 Å². The molecule has 0 saturated heterocycles. The number of hydrogen-bond acceptors (Lipinski definition) is 7. The summed E-state index contributed by atoms with van der Waals surface area (Å²) in [4.78, 5) is 20.1. The maximum absolute atomic E-state index is 11.2. The number of thioether (sulfide) groups is 1. The highest BCUT2D eigenvalue weighted by molar-refractivity contribution is 7.98. The van der Waals surface area contributed by atoms with Gasteiger partial charge < -0.3 is 16.0 Å². The Bertz CT molecular complexity index is 967. The van der Waals surface area contributed by atoms with Crippen molar-refractivity contribution in [3.63, 3.8) is 0 Å². The van der Waals surface area contributed by atoms with Crippen molar-refractivity contribution in [1.29, 1.82) is 0 Å². The zero-order valence-electron chi connectivity index (χ0n) is 14.1. The predicted octanol–water partition coefficient (Wildman–Crippen LogP) is 1.85. The largest absolute Gasteiger partial charge is 0.383 e. The van der Waals surface area contributed by atoms with Crippen LogP contribution in [0.5, 0.6) is 0 Å². The molecule has 1 aliphatic rings. The lowest BCUT2D eigenvalue weighted by Gasteiger charge is -2.09. The van der Waals surface area contributed by atoms with Crippen molar-refractivity contribution in [3.05, 3.63) is 35.9 Å². The van der Waals surface area contributed by atoms with Gasteiger partial charge in [-0.2, -0.15) is 0 Å². The Morgan fingerprint density at radius 3 is 2.81 bits per heavy atom. The summed E-state index contributed by atoms with van der Waals surface area (Å²) in [6.45, 7) is 0.497. The number of nitrogens with zero attached hydrogens (tertiary/aromatic N) is 5. The molecule has 1 aromatic carbocycles. The van der Waals surface area contributed by atoms with Crippen molar-refractivity contribution in [2.45, 2.75) is 42.6 Å². The van der Waals surface area contributed by atoms with Gasteiger partial charge in [0.2, 0.25) is 5.91 Å². The number of carbonyl (C=O) groups excluding carboxylic acids is 1. The molecule has 8 nitrogen and oxygen atoms in total. The fraction of sp³-hybridized carbons (Fsp3) is 0.353. The minimum absolute atomic E-state index is 0.269. The van der Waals surface area contributed by atoms with Crippen LogP contribution < -0.4 is 11.5 Å². The number of carbonyl (C=O) groups is 1. The van der Waals surface area contributed by atoms with Crippen molar-refractivity contribution in [1.82, 2.24) is 24.7 Å². The van der Waals surface area contributed by atoms with E-state index in [-0.39, 0.29) is 12.3 Å². The summed E-state index contributed by atoms with van der Waals surface area (Å²) in [5.74, 6) is 2.68. The van der Waals surface area contributed by atoms with Crippen molar-refractivity contribution in [3.8, 4) is 0 Å². The second-order valence-electron chi connectivity index (χ2n) is 6.31. The smallest absolute Gasteiger partial charge is 0.219 e. The minimum Gasteiger partial charge on any atom is -0.383 e. The maximum Gasteiger partial charge on any atom is 0.219 e. The van der Waals surface area contributed by atoms with E-state index < -0.39 is 0 Å². The van der Waals surface area contributed by atoms with E-state index in [2.05, 4.69) is 20.2 Å². The number of aromatic nitrogens is 5. The van der Waals surface area contributed by atoms with Crippen LogP contribution in [0.2, 0.25) is 0 Å². The molecule has 0 spiro atoms. The van der Waals surface area contributed by atoms with Crippen LogP contribution >= 0.6 is 11.8 Å². The quantitative estimate of drug-likeness (QED) is 0.609. The molecule has 4 N–H and O–H groups in total. The lowest BCUT2D eigenvalue weighted by atomic mass is 10.2. The van der Waals surface area contributed by atoms with Gasteiger partial charge in [0.05, 0.1) is 11.3 Å². The average Bonchev–Trinajstić information content (AvgIpc) is 3.39. The standard InChI is InChI=1S/C17H19N7OS/c18-13(25)7-8-24-16(10-5-6-10)22-23-17(24)26-9-14-20-12-4-2-1-3-11(12)15(19)21-14/h1-4,10H,5-9H2,(H2,18,25)(H2,19,20,21). The zero-order chi connectivity index (χ0) is 18.1. The summed E-state index contributed by atoms with van der Waals surface area (Å²) in [5.41, 5.74) is 12.2. The van der Waals surface area contributed by atoms with E-state index in [1.807, 2.05) is 28.8 Å². The van der Waals surface area contributed by atoms with Gasteiger partial charge in [-0.3, -0.25) is 4.79 Å². The number of rotatable bonds is 7. The first-order valence-electron chi connectivity index (χ1n) is 8.47. The molecule has 0 radical (unpaired) electrons. The molecular formula is C17H19N7OS. The Kier molecular flexibility index (Phi) is 4.46. The number of primary amides is 1. The molecular weight excluding hydrogens is 350 g/mol. The summed E-state index contributed by atoms with van der Waals surface area (Å²) < 4.78 is 2.00. The van der Waals surface area contributed by atoms with Crippen molar-refractivity contribution in [2.24, 2.45) is 5.73 Å². The number of hydrogen-bond donors (Lipinski definition) is 2. The van der Waals surface area contributed by atoms with Crippen LogP contribution in [0.1, 0.15) is 36.8 Å². The van der Waals surface area contributed by atoms with Crippen LogP contribution in [0.4, 0.5) is 5.82 Å². The lowest BCUT2D eigenvalue weighted by molar-refractivity contribution is -0.118. The molecule has 3 aromatic rings. The van der Waals surface area contributed by atoms with Crippen LogP contribution in [-0.4, -0.2) is 30.6 Å². The zero-order valence-corrected chi connectivity index (χ0v) is 14.9. The van der Waals surface area contributed by atoms with Gasteiger partial charge in [0.15, 0.2) is 5.16 Å². The topological polar surface area (TPSA) is 126 Å². The van der Waals surface area contributed by atoms with Gasteiger partial charge >= 0.3 is 0 Å². The Morgan fingerprint density at radius 1 is 1.23 bits per heavy atom. The van der Waals surface area contributed by atoms with Gasteiger partial charge in [-0.1, -0.05) is 23.9 Å². The fourth-order valence-electron chi connectivity index (χ4n) is 2.83. The molecule has 2 heterocycles. The van der Waals surface area contributed by atoms with E-state index >= 15 is 0 Å². The van der Waals surface area contributed by atoms with Crippen LogP contribution in [0.15, 0.2) is 29.4 Å². The third kappa shape index (κ3) is 3.48. The molecule has 134 valence electrons. The van der Waals surface area contributed by atoms with Crippen molar-refractivity contribution < 1.29 is 4.79 Å². The van der Waals surface area contributed by atoms with Gasteiger partial charge in [-0.05, 0) is 25.0 Å². The Balaban J connectivity index is 1.55. The van der Waals surface area contributed by atoms with Gasteiger partial charge in [0, 0.05) is 24.3 Å². The number of fused-ring (bicyclic) bond motifs is 1. The summed E-state index contributed by atoms with van der Waals surface area (Å²) in [5, 5.41) is 10.2. The first-order chi connectivity index (χ1) is 12.6. The summed E-state index contributed by atoms with van der Waals surface area (Å²) in [6, 6.07) is 7.66. The third-order valence-corrected chi connectivity index (χ3v) is 5.24. The fourth-order valence-corrected chi connectivity index (χ4v) is 3.65. The summed E-state index contributed by atoms with van der Waals surface area (Å²) >= 11 is 1.49. The maximum atomic E-state index is 11.2. The molecule has 1 saturated carbocycles. The number of para-hydroxylation sites is 1. The van der Waals surface area contributed by atoms with Crippen molar-refractivity contribution >= 4 is 34.4 Å². The highest BCUT2D eigenvalue weighted by Gasteiger charge is 2.30. The number of benzene rings is 1. The first kappa shape index (κ1) is 16.8. The van der Waals surface area contributed by atoms with Gasteiger partial charge in [0.25, 0.3) is 0 Å². The Labute approximate surface area is 154 Å². The highest BCUT2D eigenvalue weighted by Crippen LogP contribution is 2.40. The Morgan fingerprint density at radius 2 is 2.04 bits per heavy atom. The minimum atomic E-state index is -0.331. The summed E-state index contributed by atoms with van der Waals surface area (Å²) in [6.07, 6.45) is 2.50. The SMILES string of the molecule is NC(=O)CCn1c(SCc2nc(N)c3ccccc3n2)nnc1C1CC1. The molecule has 0 aliphatic heterocycles. The van der Waals surface area contributed by atoms with Crippen LogP contribution in [0.3, 0.4) is 0 Å². The number of nitrogens with two attached hydrogens (primary N) is 2. The predicted molar refractivity (Wildman–Crippen MR) is 99.3 cm³/mol. The first-order valence-corrected chi connectivity index (χ1v) is 9.45. The number of nitrogen functional groups attached to an aromatic ring is 1. The Hall–Kier alpha value is -2.68. The second-order valence-corrected chi connectivity index (χ2v) is 7.26. The van der Waals surface area contributed by atoms with E-state index in [1.54, 1.807) is 0 Å². The van der Waals surface area contributed by atoms with Crippen LogP contribution in [0, 0.1) is 0 Å². The van der Waals surface area contributed by atoms with Crippen LogP contribution in [0.25, 0.3) is 10.9 Å². The van der Waals surface area contributed by atoms with Gasteiger partial charge in [-0.15, -0.1) is 10.2 Å². The van der Waals surface area contributed by atoms with E-state index in [1.165, 1.54) is 11.8 Å². The molecule has 9 heteroatoms. The van der Waals surface area contributed by atoms with E-state index in [0.29, 0.717) is 29.9 Å². The van der Waals surface area contributed by atoms with E-state index in [0.717, 1.165) is 34.7 Å².